The average Bonchev–Trinajstić information content (AvgIpc) is 3.29. The number of hydrogen-bond donors (Lipinski definition) is 0. The third-order valence-electron chi connectivity index (χ3n) is 5.75. The summed E-state index contributed by atoms with van der Waals surface area (Å²) in [6.45, 7) is 12.5. The summed E-state index contributed by atoms with van der Waals surface area (Å²) in [5, 5.41) is 0. The highest BCUT2D eigenvalue weighted by Gasteiger charge is 2.17. The van der Waals surface area contributed by atoms with Crippen LogP contribution in [-0.4, -0.2) is 14.6 Å². The number of halogens is 2. The Morgan fingerprint density at radius 3 is 1.44 bits per heavy atom. The van der Waals surface area contributed by atoms with E-state index in [0.29, 0.717) is 0 Å². The van der Waals surface area contributed by atoms with Gasteiger partial charge in [0.15, 0.2) is 22.1 Å². The number of imidazole rings is 2. The second kappa shape index (κ2) is 13.6. The quantitative estimate of drug-likeness (QED) is 0.175. The van der Waals surface area contributed by atoms with Crippen molar-refractivity contribution in [1.82, 2.24) is 9.13 Å². The fourth-order valence-corrected chi connectivity index (χ4v) is 4.11. The molecule has 0 atom stereocenters. The second-order valence-corrected chi connectivity index (χ2v) is 8.82. The van der Waals surface area contributed by atoms with E-state index in [1.165, 1.54) is 33.2 Å². The number of aryl methyl sites for hydroxylation is 2. The molecule has 2 aromatic carbocycles. The van der Waals surface area contributed by atoms with Gasteiger partial charge in [-0.2, -0.15) is 0 Å². The Morgan fingerprint density at radius 2 is 1.06 bits per heavy atom. The molecule has 0 aliphatic rings. The maximum atomic E-state index is 2.40. The van der Waals surface area contributed by atoms with E-state index in [1.54, 1.807) is 0 Å². The highest BCUT2D eigenvalue weighted by Crippen LogP contribution is 2.14. The van der Waals surface area contributed by atoms with E-state index in [2.05, 4.69) is 119 Å². The molecular weight excluding hydrogens is 556 g/mol. The van der Waals surface area contributed by atoms with E-state index in [1.807, 2.05) is 0 Å². The Hall–Kier alpha value is -2.22. The number of fused-ring (bicyclic) bond motifs is 2. The lowest BCUT2D eigenvalue weighted by atomic mass is 10.3. The molecule has 0 fully saturated rings. The van der Waals surface area contributed by atoms with E-state index in [-0.39, 0.29) is 39.4 Å². The van der Waals surface area contributed by atoms with Crippen molar-refractivity contribution >= 4 is 22.1 Å². The molecule has 0 saturated carbocycles. The van der Waals surface area contributed by atoms with Gasteiger partial charge in [0.1, 0.15) is 13.1 Å². The van der Waals surface area contributed by atoms with Gasteiger partial charge in [0.05, 0.1) is 13.1 Å². The number of hydrogen-bond acceptors (Lipinski definition) is 0. The Balaban J connectivity index is 0.00000193. The van der Waals surface area contributed by atoms with E-state index < -0.39 is 0 Å². The zero-order valence-electron chi connectivity index (χ0n) is 20.5. The first kappa shape index (κ1) is 29.8. The van der Waals surface area contributed by atoms with Crippen molar-refractivity contribution in [2.75, 3.05) is 0 Å². The normalized spacial score (nSPS) is 10.2. The van der Waals surface area contributed by atoms with Crippen molar-refractivity contribution in [2.45, 2.75) is 60.3 Å². The summed E-state index contributed by atoms with van der Waals surface area (Å²) in [7, 11) is 0. The van der Waals surface area contributed by atoms with Gasteiger partial charge in [-0.25, -0.2) is 18.3 Å². The van der Waals surface area contributed by atoms with Crippen molar-refractivity contribution in [3.05, 3.63) is 84.5 Å². The number of allylic oxidation sites excluding steroid dienone is 4. The minimum Gasteiger partial charge on any atom is -1.00 e. The summed E-state index contributed by atoms with van der Waals surface area (Å²) in [5.74, 6) is 0. The van der Waals surface area contributed by atoms with Crippen molar-refractivity contribution < 1.29 is 48.6 Å². The third-order valence-corrected chi connectivity index (χ3v) is 5.75. The van der Waals surface area contributed by atoms with Crippen LogP contribution in [0.5, 0.6) is 0 Å². The third kappa shape index (κ3) is 6.90. The molecule has 0 unspecified atom stereocenters. The molecule has 0 aliphatic heterocycles. The number of para-hydroxylation sites is 4. The Bertz CT molecular complexity index is 1160. The number of aromatic nitrogens is 4. The van der Waals surface area contributed by atoms with Gasteiger partial charge in [-0.15, -0.1) is 0 Å². The molecule has 184 valence electrons. The first-order valence-electron chi connectivity index (χ1n) is 11.2. The lowest BCUT2D eigenvalue weighted by molar-refractivity contribution is -0.661. The standard InChI is InChI=1S/C27H34N4.2BrH.H2O/c1-22(2)14-18-30-20-28(24-10-5-7-12-26(24)30)16-9-17-29-21-31(19-15-23(3)4)27-13-8-6-11-25(27)29;;;/h5-8,10-15,20-21H,9,16-19H2,1-4H3;2*1H;1H2/q+2;;;/p-2. The van der Waals surface area contributed by atoms with Gasteiger partial charge in [0.2, 0.25) is 12.7 Å². The van der Waals surface area contributed by atoms with E-state index in [9.17, 15) is 0 Å². The highest BCUT2D eigenvalue weighted by molar-refractivity contribution is 5.72. The zero-order valence-corrected chi connectivity index (χ0v) is 23.7. The van der Waals surface area contributed by atoms with Gasteiger partial charge >= 0.3 is 0 Å². The summed E-state index contributed by atoms with van der Waals surface area (Å²) < 4.78 is 9.50. The summed E-state index contributed by atoms with van der Waals surface area (Å²) in [6, 6.07) is 17.4. The van der Waals surface area contributed by atoms with Crippen molar-refractivity contribution in [2.24, 2.45) is 0 Å². The van der Waals surface area contributed by atoms with E-state index in [0.717, 1.165) is 32.6 Å². The molecular formula is C27H36Br2N4O. The predicted octanol–water partition coefficient (Wildman–Crippen LogP) is -1.62. The summed E-state index contributed by atoms with van der Waals surface area (Å²) >= 11 is 0. The highest BCUT2D eigenvalue weighted by atomic mass is 79.9. The summed E-state index contributed by atoms with van der Waals surface area (Å²) in [6.07, 6.45) is 10.2. The molecule has 34 heavy (non-hydrogen) atoms. The van der Waals surface area contributed by atoms with Crippen LogP contribution in [0.25, 0.3) is 22.1 Å². The van der Waals surface area contributed by atoms with Crippen LogP contribution in [0, 0.1) is 0 Å². The monoisotopic (exact) mass is 590 g/mol. The van der Waals surface area contributed by atoms with Gasteiger partial charge in [-0.1, -0.05) is 35.4 Å². The zero-order chi connectivity index (χ0) is 21.8. The van der Waals surface area contributed by atoms with Crippen LogP contribution in [0.2, 0.25) is 0 Å². The second-order valence-electron chi connectivity index (χ2n) is 8.82. The first-order valence-corrected chi connectivity index (χ1v) is 11.2. The molecule has 4 rings (SSSR count). The van der Waals surface area contributed by atoms with E-state index in [4.69, 9.17) is 0 Å². The smallest absolute Gasteiger partial charge is 0.245 e. The largest absolute Gasteiger partial charge is 1.00 e. The lowest BCUT2D eigenvalue weighted by Gasteiger charge is -1.98. The van der Waals surface area contributed by atoms with Crippen molar-refractivity contribution in [1.29, 1.82) is 0 Å². The molecule has 2 aromatic heterocycles. The maximum Gasteiger partial charge on any atom is 0.245 e. The molecule has 0 amide bonds. The van der Waals surface area contributed by atoms with Crippen LogP contribution in [0.3, 0.4) is 0 Å². The molecule has 2 N–H and O–H groups in total. The molecule has 0 radical (unpaired) electrons. The van der Waals surface area contributed by atoms with E-state index >= 15 is 0 Å². The molecule has 0 aliphatic carbocycles. The van der Waals surface area contributed by atoms with Gasteiger partial charge in [0, 0.05) is 6.42 Å². The molecule has 7 heteroatoms. The van der Waals surface area contributed by atoms with Crippen LogP contribution in [0.4, 0.5) is 0 Å². The van der Waals surface area contributed by atoms with Crippen molar-refractivity contribution in [3.8, 4) is 0 Å². The number of nitrogens with zero attached hydrogens (tertiary/aromatic N) is 4. The Morgan fingerprint density at radius 1 is 0.676 bits per heavy atom. The predicted molar refractivity (Wildman–Crippen MR) is 131 cm³/mol. The van der Waals surface area contributed by atoms with Gasteiger partial charge in [-0.3, -0.25) is 0 Å². The van der Waals surface area contributed by atoms with Gasteiger partial charge in [0.25, 0.3) is 0 Å². The number of benzene rings is 2. The SMILES string of the molecule is CC(C)=CC[n+]1cn(CCCn2c[n+](CC=C(C)C)c3ccccc32)c2ccccc21.O.[Br-].[Br-]. The van der Waals surface area contributed by atoms with Crippen LogP contribution in [0.1, 0.15) is 34.1 Å². The van der Waals surface area contributed by atoms with Crippen LogP contribution < -0.4 is 43.1 Å². The minimum atomic E-state index is 0. The molecule has 0 saturated heterocycles. The summed E-state index contributed by atoms with van der Waals surface area (Å²) in [4.78, 5) is 0. The van der Waals surface area contributed by atoms with Crippen molar-refractivity contribution in [3.63, 3.8) is 0 Å². The summed E-state index contributed by atoms with van der Waals surface area (Å²) in [5.41, 5.74) is 7.91. The molecule has 4 aromatic rings. The van der Waals surface area contributed by atoms with Gasteiger partial charge < -0.3 is 39.4 Å². The fourth-order valence-electron chi connectivity index (χ4n) is 4.11. The Labute approximate surface area is 223 Å². The lowest BCUT2D eigenvalue weighted by Crippen LogP contribution is -3.00. The van der Waals surface area contributed by atoms with Gasteiger partial charge in [-0.05, 0) is 64.1 Å². The minimum absolute atomic E-state index is 0. The first-order chi connectivity index (χ1) is 15.0. The Kier molecular flexibility index (Phi) is 11.9. The fraction of sp³-hybridized carbons (Fsp3) is 0.333. The maximum absolute atomic E-state index is 2.40. The van der Waals surface area contributed by atoms with Crippen LogP contribution >= 0.6 is 0 Å². The molecule has 0 bridgehead atoms. The topological polar surface area (TPSA) is 49.1 Å². The molecule has 0 spiro atoms. The molecule has 2 heterocycles. The average molecular weight is 592 g/mol. The van der Waals surface area contributed by atoms with Crippen LogP contribution in [-0.2, 0) is 26.2 Å². The van der Waals surface area contributed by atoms with Crippen LogP contribution in [0.15, 0.2) is 84.5 Å². The molecule has 5 nitrogen and oxygen atoms in total. The number of rotatable bonds is 8.